The standard InChI is InChI=1S/C22H18N2O3S/c25-22-19-13-7-8-14-20(19)24(16-17-9-3-1-4-10-17)28(26,27)21(22)15-23-18-11-5-2-6-12-18/h1-15,23H,16H2/b21-15+. The van der Waals surface area contributed by atoms with Gasteiger partial charge in [-0.05, 0) is 29.8 Å². The van der Waals surface area contributed by atoms with Crippen LogP contribution in [-0.4, -0.2) is 14.2 Å². The fraction of sp³-hybridized carbons (Fsp3) is 0.0455. The SMILES string of the molecule is O=C1/C(=C\Nc2ccccc2)S(=O)(=O)N(Cc2ccccc2)c2ccccc21. The number of nitrogens with zero attached hydrogens (tertiary/aromatic N) is 1. The molecule has 140 valence electrons. The molecule has 6 heteroatoms. The van der Waals surface area contributed by atoms with E-state index in [1.807, 2.05) is 48.5 Å². The van der Waals surface area contributed by atoms with Gasteiger partial charge >= 0.3 is 0 Å². The van der Waals surface area contributed by atoms with Crippen molar-refractivity contribution in [2.24, 2.45) is 0 Å². The van der Waals surface area contributed by atoms with Crippen molar-refractivity contribution in [3.8, 4) is 0 Å². The van der Waals surface area contributed by atoms with Gasteiger partial charge in [-0.3, -0.25) is 9.10 Å². The van der Waals surface area contributed by atoms with Crippen molar-refractivity contribution in [3.63, 3.8) is 0 Å². The number of carbonyl (C=O) groups is 1. The summed E-state index contributed by atoms with van der Waals surface area (Å²) >= 11 is 0. The van der Waals surface area contributed by atoms with Crippen molar-refractivity contribution in [2.75, 3.05) is 9.62 Å². The lowest BCUT2D eigenvalue weighted by Gasteiger charge is -2.31. The molecular formula is C22H18N2O3S. The molecule has 0 bridgehead atoms. The second-order valence-corrected chi connectivity index (χ2v) is 8.19. The van der Waals surface area contributed by atoms with Crippen LogP contribution < -0.4 is 9.62 Å². The fourth-order valence-electron chi connectivity index (χ4n) is 3.12. The van der Waals surface area contributed by atoms with Gasteiger partial charge in [0, 0.05) is 17.5 Å². The molecule has 5 nitrogen and oxygen atoms in total. The molecule has 0 spiro atoms. The third-order valence-corrected chi connectivity index (χ3v) is 6.29. The minimum Gasteiger partial charge on any atom is -0.360 e. The molecule has 0 aliphatic carbocycles. The highest BCUT2D eigenvalue weighted by Crippen LogP contribution is 2.36. The number of hydrogen-bond acceptors (Lipinski definition) is 4. The zero-order chi connectivity index (χ0) is 19.6. The van der Waals surface area contributed by atoms with Crippen LogP contribution in [-0.2, 0) is 16.6 Å². The van der Waals surface area contributed by atoms with Gasteiger partial charge in [-0.25, -0.2) is 8.42 Å². The molecular weight excluding hydrogens is 372 g/mol. The fourth-order valence-corrected chi connectivity index (χ4v) is 4.65. The van der Waals surface area contributed by atoms with Gasteiger partial charge in [-0.15, -0.1) is 0 Å². The number of benzene rings is 3. The molecule has 3 aromatic rings. The quantitative estimate of drug-likeness (QED) is 0.679. The monoisotopic (exact) mass is 390 g/mol. The average molecular weight is 390 g/mol. The van der Waals surface area contributed by atoms with Gasteiger partial charge in [0.05, 0.1) is 12.2 Å². The van der Waals surface area contributed by atoms with Gasteiger partial charge < -0.3 is 5.32 Å². The minimum atomic E-state index is -4.01. The third kappa shape index (κ3) is 3.30. The molecule has 1 aliphatic heterocycles. The highest BCUT2D eigenvalue weighted by Gasteiger charge is 2.39. The summed E-state index contributed by atoms with van der Waals surface area (Å²) in [6.07, 6.45) is 1.28. The van der Waals surface area contributed by atoms with Crippen LogP contribution >= 0.6 is 0 Å². The van der Waals surface area contributed by atoms with Gasteiger partial charge in [0.15, 0.2) is 4.91 Å². The Balaban J connectivity index is 1.79. The van der Waals surface area contributed by atoms with E-state index in [1.165, 1.54) is 10.5 Å². The number of fused-ring (bicyclic) bond motifs is 1. The van der Waals surface area contributed by atoms with Crippen LogP contribution in [0.4, 0.5) is 11.4 Å². The normalized spacial score (nSPS) is 16.6. The second kappa shape index (κ2) is 7.32. The van der Waals surface area contributed by atoms with Crippen LogP contribution in [0, 0.1) is 0 Å². The van der Waals surface area contributed by atoms with Crippen LogP contribution in [0.25, 0.3) is 0 Å². The number of carbonyl (C=O) groups excluding carboxylic acids is 1. The third-order valence-electron chi connectivity index (χ3n) is 4.52. The number of nitrogens with one attached hydrogen (secondary N) is 1. The van der Waals surface area contributed by atoms with Crippen LogP contribution in [0.2, 0.25) is 0 Å². The van der Waals surface area contributed by atoms with E-state index < -0.39 is 15.8 Å². The lowest BCUT2D eigenvalue weighted by molar-refractivity contribution is 0.104. The molecule has 28 heavy (non-hydrogen) atoms. The molecule has 0 saturated heterocycles. The first-order valence-electron chi connectivity index (χ1n) is 8.79. The van der Waals surface area contributed by atoms with Gasteiger partial charge in [-0.1, -0.05) is 60.7 Å². The molecule has 1 aliphatic rings. The van der Waals surface area contributed by atoms with E-state index >= 15 is 0 Å². The smallest absolute Gasteiger partial charge is 0.270 e. The minimum absolute atomic E-state index is 0.149. The molecule has 0 atom stereocenters. The van der Waals surface area contributed by atoms with Gasteiger partial charge in [-0.2, -0.15) is 0 Å². The Morgan fingerprint density at radius 1 is 0.821 bits per heavy atom. The predicted octanol–water partition coefficient (Wildman–Crippen LogP) is 4.17. The van der Waals surface area contributed by atoms with E-state index in [1.54, 1.807) is 36.4 Å². The van der Waals surface area contributed by atoms with Crippen LogP contribution in [0.15, 0.2) is 96.0 Å². The molecule has 0 aromatic heterocycles. The summed E-state index contributed by atoms with van der Waals surface area (Å²) in [5.41, 5.74) is 2.31. The van der Waals surface area contributed by atoms with Crippen molar-refractivity contribution in [1.29, 1.82) is 0 Å². The summed E-state index contributed by atoms with van der Waals surface area (Å²) in [6, 6.07) is 25.2. The molecule has 1 N–H and O–H groups in total. The Morgan fingerprint density at radius 2 is 1.43 bits per heavy atom. The molecule has 0 radical (unpaired) electrons. The van der Waals surface area contributed by atoms with Crippen molar-refractivity contribution >= 4 is 27.2 Å². The Bertz CT molecular complexity index is 1140. The summed E-state index contributed by atoms with van der Waals surface area (Å²) in [4.78, 5) is 12.7. The number of allylic oxidation sites excluding steroid dienone is 1. The number of sulfonamides is 1. The molecule has 1 heterocycles. The number of ketones is 1. The average Bonchev–Trinajstić information content (AvgIpc) is 2.72. The van der Waals surface area contributed by atoms with E-state index in [0.717, 1.165) is 5.56 Å². The lowest BCUT2D eigenvalue weighted by Crippen LogP contribution is -2.39. The maximum atomic E-state index is 13.3. The first-order valence-corrected chi connectivity index (χ1v) is 10.2. The van der Waals surface area contributed by atoms with Crippen LogP contribution in [0.1, 0.15) is 15.9 Å². The Morgan fingerprint density at radius 3 is 2.14 bits per heavy atom. The number of rotatable bonds is 4. The maximum Gasteiger partial charge on any atom is 0.270 e. The lowest BCUT2D eigenvalue weighted by atomic mass is 10.1. The first kappa shape index (κ1) is 18.0. The summed E-state index contributed by atoms with van der Waals surface area (Å²) in [5, 5.41) is 2.93. The zero-order valence-corrected chi connectivity index (χ0v) is 15.8. The Kier molecular flexibility index (Phi) is 4.71. The Labute approximate surface area is 164 Å². The van der Waals surface area contributed by atoms with Crippen molar-refractivity contribution in [3.05, 3.63) is 107 Å². The summed E-state index contributed by atoms with van der Waals surface area (Å²) in [6.45, 7) is 0.149. The van der Waals surface area contributed by atoms with Gasteiger partial charge in [0.2, 0.25) is 5.78 Å². The molecule has 4 rings (SSSR count). The highest BCUT2D eigenvalue weighted by atomic mass is 32.2. The van der Waals surface area contributed by atoms with Gasteiger partial charge in [0.25, 0.3) is 10.0 Å². The molecule has 3 aromatic carbocycles. The summed E-state index contributed by atoms with van der Waals surface area (Å²) in [5.74, 6) is -0.511. The van der Waals surface area contributed by atoms with E-state index in [-0.39, 0.29) is 11.4 Å². The van der Waals surface area contributed by atoms with E-state index in [9.17, 15) is 13.2 Å². The first-order chi connectivity index (χ1) is 13.6. The van der Waals surface area contributed by atoms with E-state index in [0.29, 0.717) is 16.9 Å². The van der Waals surface area contributed by atoms with E-state index in [4.69, 9.17) is 0 Å². The summed E-state index contributed by atoms with van der Waals surface area (Å²) in [7, 11) is -4.01. The van der Waals surface area contributed by atoms with Crippen molar-refractivity contribution in [2.45, 2.75) is 6.54 Å². The number of Topliss-reactive ketones (excluding diaryl/α,β-unsaturated/α-hetero) is 1. The predicted molar refractivity (Wildman–Crippen MR) is 110 cm³/mol. The number of para-hydroxylation sites is 2. The second-order valence-electron chi connectivity index (χ2n) is 6.36. The van der Waals surface area contributed by atoms with Crippen molar-refractivity contribution < 1.29 is 13.2 Å². The van der Waals surface area contributed by atoms with Crippen LogP contribution in [0.5, 0.6) is 0 Å². The van der Waals surface area contributed by atoms with Crippen LogP contribution in [0.3, 0.4) is 0 Å². The maximum absolute atomic E-state index is 13.3. The van der Waals surface area contributed by atoms with Crippen molar-refractivity contribution in [1.82, 2.24) is 0 Å². The molecule has 0 fully saturated rings. The highest BCUT2D eigenvalue weighted by molar-refractivity contribution is 7.97. The molecule has 0 unspecified atom stereocenters. The molecule has 0 saturated carbocycles. The molecule has 0 amide bonds. The topological polar surface area (TPSA) is 66.5 Å². The number of anilines is 2. The largest absolute Gasteiger partial charge is 0.360 e. The summed E-state index contributed by atoms with van der Waals surface area (Å²) < 4.78 is 27.9. The van der Waals surface area contributed by atoms with Gasteiger partial charge in [0.1, 0.15) is 0 Å². The zero-order valence-electron chi connectivity index (χ0n) is 14.9. The Hall–Kier alpha value is -3.38. The number of hydrogen-bond donors (Lipinski definition) is 1. The van der Waals surface area contributed by atoms with E-state index in [2.05, 4.69) is 5.32 Å².